The molecule has 1 heterocycles. The first-order valence-electron chi connectivity index (χ1n) is 10.7. The minimum atomic E-state index is -0.771. The van der Waals surface area contributed by atoms with Gasteiger partial charge in [0.05, 0.1) is 23.2 Å². The molecule has 0 radical (unpaired) electrons. The van der Waals surface area contributed by atoms with Gasteiger partial charge in [0.15, 0.2) is 0 Å². The molecule has 6 nitrogen and oxygen atoms in total. The van der Waals surface area contributed by atoms with Gasteiger partial charge in [-0.05, 0) is 76.4 Å². The highest BCUT2D eigenvalue weighted by molar-refractivity contribution is 9.10. The number of halogens is 1. The highest BCUT2D eigenvalue weighted by Crippen LogP contribution is 2.43. The van der Waals surface area contributed by atoms with Crippen molar-refractivity contribution in [3.05, 3.63) is 93.5 Å². The molecule has 0 spiro atoms. The third kappa shape index (κ3) is 4.07. The molecule has 1 fully saturated rings. The molecule has 1 aliphatic heterocycles. The van der Waals surface area contributed by atoms with Crippen LogP contribution in [0.5, 0.6) is 5.75 Å². The number of aryl methyl sites for hydroxylation is 1. The fraction of sp³-hybridized carbons (Fsp3) is 0.185. The number of hydrogen-bond donors (Lipinski definition) is 1. The molecule has 1 N–H and O–H groups in total. The van der Waals surface area contributed by atoms with Crippen molar-refractivity contribution in [1.29, 1.82) is 0 Å². The number of carbonyl (C=O) groups is 2. The van der Waals surface area contributed by atoms with Crippen LogP contribution in [0.15, 0.2) is 76.8 Å². The monoisotopic (exact) mass is 520 g/mol. The van der Waals surface area contributed by atoms with E-state index in [2.05, 4.69) is 15.9 Å². The Hall–Kier alpha value is -3.58. The molecule has 174 valence electrons. The molecular weight excluding hydrogens is 496 g/mol. The van der Waals surface area contributed by atoms with Gasteiger partial charge in [0, 0.05) is 31.0 Å². The molecule has 1 unspecified atom stereocenters. The number of anilines is 2. The second kappa shape index (κ2) is 9.35. The number of rotatable bonds is 5. The Labute approximate surface area is 207 Å². The predicted molar refractivity (Wildman–Crippen MR) is 137 cm³/mol. The van der Waals surface area contributed by atoms with Gasteiger partial charge >= 0.3 is 0 Å². The van der Waals surface area contributed by atoms with Gasteiger partial charge in [0.1, 0.15) is 11.5 Å². The van der Waals surface area contributed by atoms with E-state index in [-0.39, 0.29) is 11.3 Å². The molecule has 1 atom stereocenters. The largest absolute Gasteiger partial charge is 0.507 e. The van der Waals surface area contributed by atoms with Crippen LogP contribution in [-0.4, -0.2) is 38.0 Å². The van der Waals surface area contributed by atoms with Gasteiger partial charge in [0.2, 0.25) is 0 Å². The standard InChI is InChI=1S/C27H25BrN2O4/c1-16-7-5-6-8-20(16)24-23(25(31)17-9-14-22(34-4)21(28)15-17)26(32)27(33)30(24)19-12-10-18(11-13-19)29(2)3/h5-15,24,31H,1-4H3/b25-23+. The van der Waals surface area contributed by atoms with Gasteiger partial charge in [-0.3, -0.25) is 14.5 Å². The van der Waals surface area contributed by atoms with Gasteiger partial charge in [-0.2, -0.15) is 0 Å². The maximum atomic E-state index is 13.3. The molecule has 3 aromatic rings. The van der Waals surface area contributed by atoms with E-state index < -0.39 is 17.7 Å². The maximum absolute atomic E-state index is 13.3. The van der Waals surface area contributed by atoms with Crippen LogP contribution in [-0.2, 0) is 9.59 Å². The van der Waals surface area contributed by atoms with Gasteiger partial charge in [-0.15, -0.1) is 0 Å². The van der Waals surface area contributed by atoms with Crippen LogP contribution in [0.2, 0.25) is 0 Å². The van der Waals surface area contributed by atoms with E-state index in [0.717, 1.165) is 16.8 Å². The first-order chi connectivity index (χ1) is 16.2. The predicted octanol–water partition coefficient (Wildman–Crippen LogP) is 5.46. The number of benzene rings is 3. The van der Waals surface area contributed by atoms with Gasteiger partial charge in [0.25, 0.3) is 11.7 Å². The fourth-order valence-corrected chi connectivity index (χ4v) is 4.71. The summed E-state index contributed by atoms with van der Waals surface area (Å²) in [5.41, 5.74) is 3.69. The van der Waals surface area contributed by atoms with Crippen LogP contribution in [0.25, 0.3) is 5.76 Å². The molecule has 1 amide bonds. The van der Waals surface area contributed by atoms with Crippen molar-refractivity contribution in [2.75, 3.05) is 31.0 Å². The first-order valence-corrected chi connectivity index (χ1v) is 11.5. The average molecular weight is 521 g/mol. The second-order valence-corrected chi connectivity index (χ2v) is 9.14. The van der Waals surface area contributed by atoms with Crippen molar-refractivity contribution < 1.29 is 19.4 Å². The Morgan fingerprint density at radius 2 is 1.71 bits per heavy atom. The van der Waals surface area contributed by atoms with Crippen LogP contribution >= 0.6 is 15.9 Å². The van der Waals surface area contributed by atoms with Crippen molar-refractivity contribution in [3.63, 3.8) is 0 Å². The van der Waals surface area contributed by atoms with E-state index >= 15 is 0 Å². The van der Waals surface area contributed by atoms with Crippen LogP contribution in [0, 0.1) is 6.92 Å². The summed E-state index contributed by atoms with van der Waals surface area (Å²) in [5.74, 6) is -1.05. The van der Waals surface area contributed by atoms with E-state index in [9.17, 15) is 14.7 Å². The number of aliphatic hydroxyl groups is 1. The summed E-state index contributed by atoms with van der Waals surface area (Å²) in [5, 5.41) is 11.3. The normalized spacial score (nSPS) is 17.2. The zero-order valence-corrected chi connectivity index (χ0v) is 21.0. The van der Waals surface area contributed by atoms with Gasteiger partial charge in [-0.1, -0.05) is 24.3 Å². The van der Waals surface area contributed by atoms with Crippen LogP contribution in [0.3, 0.4) is 0 Å². The molecule has 1 aliphatic rings. The number of ether oxygens (including phenoxy) is 1. The van der Waals surface area contributed by atoms with Gasteiger partial charge in [-0.25, -0.2) is 0 Å². The summed E-state index contributed by atoms with van der Waals surface area (Å²) in [6, 6.07) is 19.2. The van der Waals surface area contributed by atoms with E-state index in [1.165, 1.54) is 4.90 Å². The lowest BCUT2D eigenvalue weighted by Gasteiger charge is -2.27. The summed E-state index contributed by atoms with van der Waals surface area (Å²) in [6.45, 7) is 1.93. The molecule has 0 aliphatic carbocycles. The number of hydrogen-bond acceptors (Lipinski definition) is 5. The van der Waals surface area contributed by atoms with E-state index in [1.807, 2.05) is 74.4 Å². The Kier molecular flexibility index (Phi) is 6.48. The molecule has 3 aromatic carbocycles. The zero-order valence-electron chi connectivity index (χ0n) is 19.4. The van der Waals surface area contributed by atoms with E-state index in [1.54, 1.807) is 25.3 Å². The van der Waals surface area contributed by atoms with E-state index in [0.29, 0.717) is 21.5 Å². The third-order valence-electron chi connectivity index (χ3n) is 6.00. The number of carbonyl (C=O) groups excluding carboxylic acids is 2. The third-order valence-corrected chi connectivity index (χ3v) is 6.62. The van der Waals surface area contributed by atoms with Crippen LogP contribution in [0.4, 0.5) is 11.4 Å². The minimum absolute atomic E-state index is 0.0491. The van der Waals surface area contributed by atoms with Gasteiger partial charge < -0.3 is 14.7 Å². The lowest BCUT2D eigenvalue weighted by molar-refractivity contribution is -0.132. The number of Topliss-reactive ketones (excluding diaryl/α,β-unsaturated/α-hetero) is 1. The summed E-state index contributed by atoms with van der Waals surface area (Å²) < 4.78 is 5.90. The van der Waals surface area contributed by atoms with Crippen molar-refractivity contribution in [1.82, 2.24) is 0 Å². The average Bonchev–Trinajstić information content (AvgIpc) is 3.09. The quantitative estimate of drug-likeness (QED) is 0.275. The SMILES string of the molecule is COc1ccc(/C(O)=C2\C(=O)C(=O)N(c3ccc(N(C)C)cc3)C2c2ccccc2C)cc1Br. The molecular formula is C27H25BrN2O4. The lowest BCUT2D eigenvalue weighted by Crippen LogP contribution is -2.29. The Morgan fingerprint density at radius 3 is 2.29 bits per heavy atom. The molecule has 34 heavy (non-hydrogen) atoms. The molecule has 7 heteroatoms. The molecule has 4 rings (SSSR count). The van der Waals surface area contributed by atoms with Crippen molar-refractivity contribution in [3.8, 4) is 5.75 Å². The van der Waals surface area contributed by atoms with Crippen LogP contribution < -0.4 is 14.5 Å². The Balaban J connectivity index is 1.93. The minimum Gasteiger partial charge on any atom is -0.507 e. The maximum Gasteiger partial charge on any atom is 0.300 e. The number of aliphatic hydroxyl groups excluding tert-OH is 1. The van der Waals surface area contributed by atoms with Crippen molar-refractivity contribution in [2.45, 2.75) is 13.0 Å². The summed E-state index contributed by atoms with van der Waals surface area (Å²) in [6.07, 6.45) is 0. The Morgan fingerprint density at radius 1 is 1.03 bits per heavy atom. The summed E-state index contributed by atoms with van der Waals surface area (Å²) in [4.78, 5) is 30.1. The molecule has 1 saturated heterocycles. The first kappa shape index (κ1) is 23.6. The Bertz CT molecular complexity index is 1300. The number of ketones is 1. The highest BCUT2D eigenvalue weighted by atomic mass is 79.9. The number of nitrogens with zero attached hydrogens (tertiary/aromatic N) is 2. The van der Waals surface area contributed by atoms with Crippen molar-refractivity contribution >= 4 is 44.8 Å². The second-order valence-electron chi connectivity index (χ2n) is 8.29. The number of methoxy groups -OCH3 is 1. The van der Waals surface area contributed by atoms with Crippen molar-refractivity contribution in [2.24, 2.45) is 0 Å². The summed E-state index contributed by atoms with van der Waals surface area (Å²) in [7, 11) is 5.41. The zero-order chi connectivity index (χ0) is 24.6. The molecule has 0 bridgehead atoms. The van der Waals surface area contributed by atoms with E-state index in [4.69, 9.17) is 4.74 Å². The molecule has 0 aromatic heterocycles. The number of amides is 1. The smallest absolute Gasteiger partial charge is 0.300 e. The fourth-order valence-electron chi connectivity index (χ4n) is 4.17. The highest BCUT2D eigenvalue weighted by Gasteiger charge is 2.47. The van der Waals surface area contributed by atoms with Crippen LogP contribution in [0.1, 0.15) is 22.7 Å². The lowest BCUT2D eigenvalue weighted by atomic mass is 9.92. The summed E-state index contributed by atoms with van der Waals surface area (Å²) >= 11 is 3.42. The topological polar surface area (TPSA) is 70.1 Å². The molecule has 0 saturated carbocycles.